The molecule has 4 atom stereocenters. The number of allylic oxidation sites excluding steroid dienone is 1. The number of ether oxygens (including phenoxy) is 2. The van der Waals surface area contributed by atoms with Crippen LogP contribution in [0.4, 0.5) is 0 Å². The largest absolute Gasteiger partial charge is 0.491 e. The second-order valence-corrected chi connectivity index (χ2v) is 5.38. The molecule has 0 radical (unpaired) electrons. The van der Waals surface area contributed by atoms with Crippen molar-refractivity contribution in [2.75, 3.05) is 13.2 Å². The van der Waals surface area contributed by atoms with Gasteiger partial charge in [0.25, 0.3) is 0 Å². The van der Waals surface area contributed by atoms with Gasteiger partial charge in [-0.15, -0.1) is 0 Å². The molecule has 0 bridgehead atoms. The summed E-state index contributed by atoms with van der Waals surface area (Å²) in [5.74, 6) is 1.87. The Morgan fingerprint density at radius 1 is 1.59 bits per heavy atom. The van der Waals surface area contributed by atoms with Crippen LogP contribution in [0, 0.1) is 11.8 Å². The summed E-state index contributed by atoms with van der Waals surface area (Å²) in [6.45, 7) is 3.34. The fourth-order valence-corrected chi connectivity index (χ4v) is 3.24. The van der Waals surface area contributed by atoms with E-state index in [1.807, 2.05) is 6.21 Å². The first-order chi connectivity index (χ1) is 8.21. The first kappa shape index (κ1) is 11.2. The van der Waals surface area contributed by atoms with Crippen molar-refractivity contribution in [2.45, 2.75) is 38.0 Å². The van der Waals surface area contributed by atoms with E-state index in [0.717, 1.165) is 25.0 Å². The first-order valence-corrected chi connectivity index (χ1v) is 6.49. The Morgan fingerprint density at radius 2 is 2.47 bits per heavy atom. The van der Waals surface area contributed by atoms with Crippen LogP contribution in [-0.2, 0) is 9.47 Å². The molecule has 0 aromatic carbocycles. The van der Waals surface area contributed by atoms with Gasteiger partial charge in [0.15, 0.2) is 0 Å². The van der Waals surface area contributed by atoms with Crippen LogP contribution >= 0.6 is 0 Å². The third-order valence-corrected chi connectivity index (χ3v) is 3.89. The summed E-state index contributed by atoms with van der Waals surface area (Å²) in [5.41, 5.74) is 5.41. The van der Waals surface area contributed by atoms with Crippen molar-refractivity contribution in [1.29, 1.82) is 0 Å². The lowest BCUT2D eigenvalue weighted by Crippen LogP contribution is -2.47. The molecule has 4 heteroatoms. The van der Waals surface area contributed by atoms with Crippen LogP contribution in [0.5, 0.6) is 0 Å². The van der Waals surface area contributed by atoms with Crippen molar-refractivity contribution in [1.82, 2.24) is 0 Å². The lowest BCUT2D eigenvalue weighted by atomic mass is 9.77. The van der Waals surface area contributed by atoms with Crippen molar-refractivity contribution < 1.29 is 9.47 Å². The van der Waals surface area contributed by atoms with Crippen LogP contribution < -0.4 is 5.73 Å². The second kappa shape index (κ2) is 4.10. The van der Waals surface area contributed by atoms with Crippen LogP contribution in [0.15, 0.2) is 16.8 Å². The van der Waals surface area contributed by atoms with Gasteiger partial charge >= 0.3 is 0 Å². The summed E-state index contributed by atoms with van der Waals surface area (Å²) < 4.78 is 11.7. The molecule has 1 fully saturated rings. The summed E-state index contributed by atoms with van der Waals surface area (Å²) in [6.07, 6.45) is 7.30. The molecular formula is C13H20N2O2. The fraction of sp³-hybridized carbons (Fsp3) is 0.769. The number of nitrogens with two attached hydrogens (primary N) is 1. The van der Waals surface area contributed by atoms with E-state index in [0.29, 0.717) is 25.0 Å². The van der Waals surface area contributed by atoms with Gasteiger partial charge in [-0.05, 0) is 38.2 Å². The average Bonchev–Trinajstić information content (AvgIpc) is 2.68. The third-order valence-electron chi connectivity index (χ3n) is 3.89. The van der Waals surface area contributed by atoms with Gasteiger partial charge in [0.05, 0.1) is 6.61 Å². The average molecular weight is 236 g/mol. The Balaban J connectivity index is 1.87. The van der Waals surface area contributed by atoms with E-state index < -0.39 is 5.72 Å². The van der Waals surface area contributed by atoms with E-state index in [2.05, 4.69) is 18.0 Å². The molecule has 2 aliphatic heterocycles. The van der Waals surface area contributed by atoms with Crippen LogP contribution in [-0.4, -0.2) is 31.2 Å². The van der Waals surface area contributed by atoms with Gasteiger partial charge in [0, 0.05) is 18.2 Å². The minimum atomic E-state index is -0.480. The van der Waals surface area contributed by atoms with Crippen LogP contribution in [0.3, 0.4) is 0 Å². The summed E-state index contributed by atoms with van der Waals surface area (Å²) >= 11 is 0. The highest BCUT2D eigenvalue weighted by molar-refractivity contribution is 5.63. The van der Waals surface area contributed by atoms with Gasteiger partial charge in [-0.3, -0.25) is 4.99 Å². The maximum absolute atomic E-state index is 5.92. The maximum atomic E-state index is 5.92. The van der Waals surface area contributed by atoms with Crippen molar-refractivity contribution in [2.24, 2.45) is 22.6 Å². The van der Waals surface area contributed by atoms with Crippen molar-refractivity contribution in [3.05, 3.63) is 11.8 Å². The van der Waals surface area contributed by atoms with Gasteiger partial charge in [-0.25, -0.2) is 0 Å². The monoisotopic (exact) mass is 236 g/mol. The SMILES string of the molecule is C[C@H](N)CC1C=C2OCCOC23N=CCC3C1. The second-order valence-electron chi connectivity index (χ2n) is 5.38. The number of aliphatic imine (C=N–C) groups is 1. The van der Waals surface area contributed by atoms with E-state index in [1.165, 1.54) is 0 Å². The Labute approximate surface area is 102 Å². The lowest BCUT2D eigenvalue weighted by Gasteiger charge is -2.43. The molecule has 4 nitrogen and oxygen atoms in total. The predicted molar refractivity (Wildman–Crippen MR) is 65.7 cm³/mol. The molecule has 3 aliphatic rings. The van der Waals surface area contributed by atoms with Gasteiger partial charge in [0.2, 0.25) is 5.72 Å². The van der Waals surface area contributed by atoms with Crippen LogP contribution in [0.1, 0.15) is 26.2 Å². The summed E-state index contributed by atoms with van der Waals surface area (Å²) in [7, 11) is 0. The molecule has 1 aliphatic carbocycles. The van der Waals surface area contributed by atoms with Gasteiger partial charge in [0.1, 0.15) is 12.4 Å². The van der Waals surface area contributed by atoms with E-state index in [4.69, 9.17) is 15.2 Å². The highest BCUT2D eigenvalue weighted by atomic mass is 16.6. The number of nitrogens with zero attached hydrogens (tertiary/aromatic N) is 1. The lowest BCUT2D eigenvalue weighted by molar-refractivity contribution is -0.140. The Hall–Kier alpha value is -0.870. The van der Waals surface area contributed by atoms with E-state index in [1.54, 1.807) is 0 Å². The molecule has 0 saturated carbocycles. The van der Waals surface area contributed by atoms with Gasteiger partial charge in [-0.1, -0.05) is 0 Å². The predicted octanol–water partition coefficient (Wildman–Crippen LogP) is 1.46. The maximum Gasteiger partial charge on any atom is 0.219 e. The van der Waals surface area contributed by atoms with Crippen LogP contribution in [0.2, 0.25) is 0 Å². The van der Waals surface area contributed by atoms with Crippen molar-refractivity contribution >= 4 is 6.21 Å². The highest BCUT2D eigenvalue weighted by Gasteiger charge is 2.51. The molecule has 2 heterocycles. The third kappa shape index (κ3) is 1.79. The molecule has 94 valence electrons. The van der Waals surface area contributed by atoms with E-state index in [9.17, 15) is 0 Å². The summed E-state index contributed by atoms with van der Waals surface area (Å²) in [6, 6.07) is 0.233. The van der Waals surface area contributed by atoms with Gasteiger partial charge < -0.3 is 15.2 Å². The standard InChI is InChI=1S/C13H20N2O2/c1-9(14)6-10-7-11-2-3-15-13(11)12(8-10)16-4-5-17-13/h3,8-11H,2,4-7,14H2,1H3/t9-,10?,11?,13?/m0/s1. The molecule has 17 heavy (non-hydrogen) atoms. The zero-order valence-corrected chi connectivity index (χ0v) is 10.3. The van der Waals surface area contributed by atoms with Crippen LogP contribution in [0.25, 0.3) is 0 Å². The zero-order valence-electron chi connectivity index (χ0n) is 10.3. The molecule has 2 N–H and O–H groups in total. The molecule has 0 aromatic rings. The molecular weight excluding hydrogens is 216 g/mol. The highest BCUT2D eigenvalue weighted by Crippen LogP contribution is 2.47. The summed E-state index contributed by atoms with van der Waals surface area (Å²) in [4.78, 5) is 4.55. The molecule has 3 rings (SSSR count). The molecule has 0 amide bonds. The minimum Gasteiger partial charge on any atom is -0.491 e. The first-order valence-electron chi connectivity index (χ1n) is 6.49. The minimum absolute atomic E-state index is 0.233. The quantitative estimate of drug-likeness (QED) is 0.789. The van der Waals surface area contributed by atoms with Crippen molar-refractivity contribution in [3.63, 3.8) is 0 Å². The normalized spacial score (nSPS) is 41.2. The Bertz CT molecular complexity index is 364. The number of hydrogen-bond donors (Lipinski definition) is 1. The topological polar surface area (TPSA) is 56.8 Å². The zero-order chi connectivity index (χ0) is 11.9. The van der Waals surface area contributed by atoms with E-state index in [-0.39, 0.29) is 6.04 Å². The Morgan fingerprint density at radius 3 is 3.29 bits per heavy atom. The fourth-order valence-electron chi connectivity index (χ4n) is 3.24. The van der Waals surface area contributed by atoms with Gasteiger partial charge in [-0.2, -0.15) is 0 Å². The van der Waals surface area contributed by atoms with Crippen molar-refractivity contribution in [3.8, 4) is 0 Å². The van der Waals surface area contributed by atoms with E-state index >= 15 is 0 Å². The molecule has 1 spiro atoms. The number of rotatable bonds is 2. The summed E-state index contributed by atoms with van der Waals surface area (Å²) in [5, 5.41) is 0. The number of hydrogen-bond acceptors (Lipinski definition) is 4. The molecule has 0 aromatic heterocycles. The Kier molecular flexibility index (Phi) is 2.71. The molecule has 3 unspecified atom stereocenters. The molecule has 1 saturated heterocycles. The smallest absolute Gasteiger partial charge is 0.219 e.